The molecular formula is C12H15N3. The molecule has 0 saturated carbocycles. The Morgan fingerprint density at radius 3 is 2.60 bits per heavy atom. The lowest BCUT2D eigenvalue weighted by Gasteiger charge is -1.96. The highest BCUT2D eigenvalue weighted by atomic mass is 14.9. The van der Waals surface area contributed by atoms with Crippen LogP contribution in [0.4, 0.5) is 0 Å². The Labute approximate surface area is 90.1 Å². The van der Waals surface area contributed by atoms with E-state index < -0.39 is 0 Å². The molecule has 0 radical (unpaired) electrons. The molecule has 0 atom stereocenters. The van der Waals surface area contributed by atoms with Crippen LogP contribution in [0.5, 0.6) is 0 Å². The number of amidine groups is 1. The highest BCUT2D eigenvalue weighted by Gasteiger charge is 1.91. The van der Waals surface area contributed by atoms with E-state index in [9.17, 15) is 0 Å². The number of nitrogens with two attached hydrogens (primary N) is 1. The summed E-state index contributed by atoms with van der Waals surface area (Å²) in [5, 5.41) is 0. The average molecular weight is 201 g/mol. The molecule has 0 amide bonds. The van der Waals surface area contributed by atoms with E-state index in [0.29, 0.717) is 18.1 Å². The number of rotatable bonds is 3. The Kier molecular flexibility index (Phi) is 4.44. The molecule has 1 aromatic carbocycles. The standard InChI is InChI=1S/C12H15N3/c1-10(2)15-12(8-13)14-9-11-6-4-3-5-7-11/h3-7,9H,1,8,13H2,2H3. The van der Waals surface area contributed by atoms with E-state index in [-0.39, 0.29) is 0 Å². The summed E-state index contributed by atoms with van der Waals surface area (Å²) in [6.07, 6.45) is 1.74. The molecule has 1 aromatic rings. The van der Waals surface area contributed by atoms with E-state index in [1.54, 1.807) is 6.21 Å². The maximum absolute atomic E-state index is 5.50. The van der Waals surface area contributed by atoms with Crippen molar-refractivity contribution in [3.63, 3.8) is 0 Å². The summed E-state index contributed by atoms with van der Waals surface area (Å²) in [5.41, 5.74) is 7.24. The molecule has 0 spiro atoms. The molecule has 2 N–H and O–H groups in total. The molecule has 0 aromatic heterocycles. The molecule has 78 valence electrons. The SMILES string of the molecule is C=C(C)N=C(CN)N=Cc1ccccc1. The van der Waals surface area contributed by atoms with E-state index >= 15 is 0 Å². The zero-order valence-corrected chi connectivity index (χ0v) is 8.85. The van der Waals surface area contributed by atoms with Crippen molar-refractivity contribution >= 4 is 12.1 Å². The van der Waals surface area contributed by atoms with Gasteiger partial charge in [-0.3, -0.25) is 0 Å². The van der Waals surface area contributed by atoms with Gasteiger partial charge in [-0.1, -0.05) is 36.9 Å². The van der Waals surface area contributed by atoms with Crippen molar-refractivity contribution in [2.24, 2.45) is 15.7 Å². The second kappa shape index (κ2) is 5.88. The molecule has 15 heavy (non-hydrogen) atoms. The summed E-state index contributed by atoms with van der Waals surface area (Å²) in [7, 11) is 0. The Bertz CT molecular complexity index is 377. The molecular weight excluding hydrogens is 186 g/mol. The van der Waals surface area contributed by atoms with Crippen LogP contribution in [0.3, 0.4) is 0 Å². The van der Waals surface area contributed by atoms with Crippen molar-refractivity contribution in [2.75, 3.05) is 6.54 Å². The van der Waals surface area contributed by atoms with Gasteiger partial charge in [-0.2, -0.15) is 0 Å². The monoisotopic (exact) mass is 201 g/mol. The molecule has 0 unspecified atom stereocenters. The van der Waals surface area contributed by atoms with Crippen LogP contribution in [0.15, 0.2) is 52.6 Å². The number of nitrogens with zero attached hydrogens (tertiary/aromatic N) is 2. The first-order valence-corrected chi connectivity index (χ1v) is 4.74. The van der Waals surface area contributed by atoms with Crippen LogP contribution < -0.4 is 5.73 Å². The fraction of sp³-hybridized carbons (Fsp3) is 0.167. The van der Waals surface area contributed by atoms with E-state index in [4.69, 9.17) is 5.73 Å². The molecule has 0 bridgehead atoms. The van der Waals surface area contributed by atoms with Crippen LogP contribution in [0.1, 0.15) is 12.5 Å². The van der Waals surface area contributed by atoms with Gasteiger partial charge in [-0.05, 0) is 12.5 Å². The highest BCUT2D eigenvalue weighted by molar-refractivity contribution is 5.96. The van der Waals surface area contributed by atoms with Crippen LogP contribution >= 0.6 is 0 Å². The van der Waals surface area contributed by atoms with Gasteiger partial charge in [-0.25, -0.2) is 9.98 Å². The number of aliphatic imine (C=N–C) groups is 2. The highest BCUT2D eigenvalue weighted by Crippen LogP contribution is 1.96. The third kappa shape index (κ3) is 4.33. The van der Waals surface area contributed by atoms with Gasteiger partial charge in [0.05, 0.1) is 6.54 Å². The van der Waals surface area contributed by atoms with Crippen molar-refractivity contribution in [1.82, 2.24) is 0 Å². The van der Waals surface area contributed by atoms with Crippen LogP contribution in [0.25, 0.3) is 0 Å². The Morgan fingerprint density at radius 1 is 1.40 bits per heavy atom. The van der Waals surface area contributed by atoms with Crippen LogP contribution in [-0.2, 0) is 0 Å². The van der Waals surface area contributed by atoms with Crippen LogP contribution in [-0.4, -0.2) is 18.6 Å². The van der Waals surface area contributed by atoms with Crippen molar-refractivity contribution in [3.05, 3.63) is 48.2 Å². The van der Waals surface area contributed by atoms with E-state index in [1.807, 2.05) is 37.3 Å². The van der Waals surface area contributed by atoms with Gasteiger partial charge in [0, 0.05) is 11.9 Å². The summed E-state index contributed by atoms with van der Waals surface area (Å²) in [6.45, 7) is 5.81. The zero-order chi connectivity index (χ0) is 11.1. The number of hydrogen-bond acceptors (Lipinski definition) is 2. The number of allylic oxidation sites excluding steroid dienone is 1. The Balaban J connectivity index is 2.76. The summed E-state index contributed by atoms with van der Waals surface area (Å²) >= 11 is 0. The summed E-state index contributed by atoms with van der Waals surface area (Å²) in [6, 6.07) is 9.82. The maximum atomic E-state index is 5.50. The maximum Gasteiger partial charge on any atom is 0.142 e. The van der Waals surface area contributed by atoms with Crippen LogP contribution in [0, 0.1) is 0 Å². The number of benzene rings is 1. The Morgan fingerprint density at radius 2 is 2.07 bits per heavy atom. The first-order chi connectivity index (χ1) is 7.22. The van der Waals surface area contributed by atoms with E-state index in [0.717, 1.165) is 5.56 Å². The lowest BCUT2D eigenvalue weighted by Crippen LogP contribution is -2.11. The van der Waals surface area contributed by atoms with Crippen molar-refractivity contribution < 1.29 is 0 Å². The van der Waals surface area contributed by atoms with Gasteiger partial charge in [0.15, 0.2) is 0 Å². The third-order valence-electron chi connectivity index (χ3n) is 1.66. The largest absolute Gasteiger partial charge is 0.324 e. The minimum absolute atomic E-state index is 0.316. The Hall–Kier alpha value is -1.74. The molecule has 1 rings (SSSR count). The predicted molar refractivity (Wildman–Crippen MR) is 65.3 cm³/mol. The minimum atomic E-state index is 0.316. The van der Waals surface area contributed by atoms with Crippen molar-refractivity contribution in [2.45, 2.75) is 6.92 Å². The summed E-state index contributed by atoms with van der Waals surface area (Å²) in [4.78, 5) is 8.30. The molecule has 0 aliphatic rings. The number of hydrogen-bond donors (Lipinski definition) is 1. The first kappa shape index (κ1) is 11.3. The molecule has 0 aliphatic heterocycles. The topological polar surface area (TPSA) is 50.7 Å². The molecule has 0 fully saturated rings. The first-order valence-electron chi connectivity index (χ1n) is 4.74. The minimum Gasteiger partial charge on any atom is -0.324 e. The second-order valence-corrected chi connectivity index (χ2v) is 3.14. The normalized spacial score (nSPS) is 12.0. The van der Waals surface area contributed by atoms with Gasteiger partial charge in [0.1, 0.15) is 5.84 Å². The molecule has 3 nitrogen and oxygen atoms in total. The fourth-order valence-electron chi connectivity index (χ4n) is 1.04. The summed E-state index contributed by atoms with van der Waals surface area (Å²) < 4.78 is 0. The van der Waals surface area contributed by atoms with Gasteiger partial charge >= 0.3 is 0 Å². The second-order valence-electron chi connectivity index (χ2n) is 3.14. The van der Waals surface area contributed by atoms with E-state index in [1.165, 1.54) is 0 Å². The quantitative estimate of drug-likeness (QED) is 0.590. The van der Waals surface area contributed by atoms with Gasteiger partial charge in [0.2, 0.25) is 0 Å². The summed E-state index contributed by atoms with van der Waals surface area (Å²) in [5.74, 6) is 0.589. The van der Waals surface area contributed by atoms with Crippen molar-refractivity contribution in [1.29, 1.82) is 0 Å². The van der Waals surface area contributed by atoms with Crippen LogP contribution in [0.2, 0.25) is 0 Å². The predicted octanol–water partition coefficient (Wildman–Crippen LogP) is 2.00. The third-order valence-corrected chi connectivity index (χ3v) is 1.66. The molecule has 3 heteroatoms. The van der Waals surface area contributed by atoms with Gasteiger partial charge in [-0.15, -0.1) is 0 Å². The van der Waals surface area contributed by atoms with E-state index in [2.05, 4.69) is 16.6 Å². The lowest BCUT2D eigenvalue weighted by molar-refractivity contribution is 1.22. The lowest BCUT2D eigenvalue weighted by atomic mass is 10.2. The van der Waals surface area contributed by atoms with Gasteiger partial charge in [0.25, 0.3) is 0 Å². The molecule has 0 saturated heterocycles. The van der Waals surface area contributed by atoms with Gasteiger partial charge < -0.3 is 5.73 Å². The fourth-order valence-corrected chi connectivity index (χ4v) is 1.04. The average Bonchev–Trinajstić information content (AvgIpc) is 2.25. The molecule has 0 aliphatic carbocycles. The van der Waals surface area contributed by atoms with Crippen molar-refractivity contribution in [3.8, 4) is 0 Å². The zero-order valence-electron chi connectivity index (χ0n) is 8.85. The molecule has 0 heterocycles. The smallest absolute Gasteiger partial charge is 0.142 e.